The lowest BCUT2D eigenvalue weighted by Gasteiger charge is -2.16. The number of amides is 2. The van der Waals surface area contributed by atoms with Crippen molar-refractivity contribution in [2.75, 3.05) is 4.90 Å². The van der Waals surface area contributed by atoms with E-state index in [4.69, 9.17) is 0 Å². The molecule has 2 amide bonds. The van der Waals surface area contributed by atoms with Gasteiger partial charge in [0.1, 0.15) is 0 Å². The number of nitrogens with zero attached hydrogens (tertiary/aromatic N) is 2. The normalized spacial score (nSPS) is 16.8. The molecule has 0 N–H and O–H groups in total. The third-order valence-corrected chi connectivity index (χ3v) is 6.09. The number of benzene rings is 3. The summed E-state index contributed by atoms with van der Waals surface area (Å²) in [5, 5.41) is 3.19. The number of fused-ring (bicyclic) bond motifs is 2. The lowest BCUT2D eigenvalue weighted by Crippen LogP contribution is -2.29. The van der Waals surface area contributed by atoms with E-state index in [-0.39, 0.29) is 18.2 Å². The maximum atomic E-state index is 13.4. The van der Waals surface area contributed by atoms with Gasteiger partial charge in [-0.25, -0.2) is 4.90 Å². The molecular formula is C26H24N2O2. The number of hydrogen-bond acceptors (Lipinski definition) is 2. The quantitative estimate of drug-likeness (QED) is 0.410. The van der Waals surface area contributed by atoms with Crippen molar-refractivity contribution in [3.8, 4) is 0 Å². The van der Waals surface area contributed by atoms with Crippen molar-refractivity contribution in [1.82, 2.24) is 4.57 Å². The van der Waals surface area contributed by atoms with Crippen molar-refractivity contribution >= 4 is 39.2 Å². The van der Waals surface area contributed by atoms with E-state index in [0.29, 0.717) is 5.69 Å². The van der Waals surface area contributed by atoms with Crippen LogP contribution in [0.2, 0.25) is 0 Å². The highest BCUT2D eigenvalue weighted by atomic mass is 16.2. The smallest absolute Gasteiger partial charge is 0.241 e. The van der Waals surface area contributed by atoms with Crippen molar-refractivity contribution in [3.63, 3.8) is 0 Å². The van der Waals surface area contributed by atoms with Gasteiger partial charge >= 0.3 is 0 Å². The molecular weight excluding hydrogens is 372 g/mol. The van der Waals surface area contributed by atoms with Crippen LogP contribution in [0.25, 0.3) is 21.7 Å². The van der Waals surface area contributed by atoms with E-state index >= 15 is 0 Å². The molecule has 150 valence electrons. The fraction of sp³-hybridized carbons (Fsp3) is 0.231. The number of imide groups is 1. The van der Waals surface area contributed by atoms with Crippen LogP contribution in [0.4, 0.5) is 5.69 Å². The van der Waals surface area contributed by atoms with Crippen molar-refractivity contribution in [2.45, 2.75) is 38.6 Å². The molecule has 4 aromatic rings. The molecule has 4 nitrogen and oxygen atoms in total. The zero-order valence-corrected chi connectivity index (χ0v) is 17.0. The lowest BCUT2D eigenvalue weighted by molar-refractivity contribution is -0.121. The van der Waals surface area contributed by atoms with E-state index in [9.17, 15) is 9.59 Å². The summed E-state index contributed by atoms with van der Waals surface area (Å²) in [5.74, 6) is -0.698. The Hall–Kier alpha value is -3.40. The summed E-state index contributed by atoms with van der Waals surface area (Å²) in [6.07, 6.45) is 4.49. The molecule has 0 spiro atoms. The maximum Gasteiger partial charge on any atom is 0.241 e. The predicted molar refractivity (Wildman–Crippen MR) is 121 cm³/mol. The Morgan fingerprint density at radius 2 is 1.70 bits per heavy atom. The molecule has 5 rings (SSSR count). The highest BCUT2D eigenvalue weighted by molar-refractivity contribution is 6.23. The Balaban J connectivity index is 1.54. The molecule has 1 unspecified atom stereocenters. The molecule has 3 aromatic carbocycles. The summed E-state index contributed by atoms with van der Waals surface area (Å²) in [4.78, 5) is 27.7. The predicted octanol–water partition coefficient (Wildman–Crippen LogP) is 5.64. The van der Waals surface area contributed by atoms with Gasteiger partial charge in [-0.3, -0.25) is 9.59 Å². The van der Waals surface area contributed by atoms with E-state index in [1.165, 1.54) is 4.90 Å². The Labute approximate surface area is 175 Å². The van der Waals surface area contributed by atoms with Crippen LogP contribution in [0.1, 0.15) is 37.7 Å². The molecule has 1 aliphatic rings. The highest BCUT2D eigenvalue weighted by Gasteiger charge is 2.41. The van der Waals surface area contributed by atoms with Gasteiger partial charge in [-0.05, 0) is 41.0 Å². The van der Waals surface area contributed by atoms with E-state index in [1.807, 2.05) is 54.6 Å². The summed E-state index contributed by atoms with van der Waals surface area (Å²) in [6.45, 7) is 3.09. The van der Waals surface area contributed by atoms with Crippen molar-refractivity contribution in [2.24, 2.45) is 0 Å². The first-order valence-corrected chi connectivity index (χ1v) is 10.6. The third-order valence-electron chi connectivity index (χ3n) is 6.09. The van der Waals surface area contributed by atoms with Gasteiger partial charge in [0, 0.05) is 30.1 Å². The Kier molecular flexibility index (Phi) is 4.62. The van der Waals surface area contributed by atoms with Crippen LogP contribution in [0.5, 0.6) is 0 Å². The van der Waals surface area contributed by atoms with Crippen LogP contribution < -0.4 is 4.90 Å². The van der Waals surface area contributed by atoms with Gasteiger partial charge in [0.05, 0.1) is 11.6 Å². The maximum absolute atomic E-state index is 13.4. The fourth-order valence-electron chi connectivity index (χ4n) is 4.53. The minimum atomic E-state index is -0.434. The van der Waals surface area contributed by atoms with Crippen LogP contribution in [-0.4, -0.2) is 16.4 Å². The average Bonchev–Trinajstić information content (AvgIpc) is 3.28. The number of aromatic nitrogens is 1. The topological polar surface area (TPSA) is 42.3 Å². The standard InChI is InChI=1S/C26H24N2O2/c1-2-3-14-27-17-23(21-10-6-7-11-24(21)27)22-16-25(29)28(26(22)30)20-13-12-18-8-4-5-9-19(18)15-20/h4-13,15,17,22H,2-3,14,16H2,1H3. The molecule has 1 atom stereocenters. The van der Waals surface area contributed by atoms with Crippen LogP contribution in [0, 0.1) is 0 Å². The van der Waals surface area contributed by atoms with Crippen LogP contribution in [0.15, 0.2) is 72.9 Å². The number of aryl methyl sites for hydroxylation is 1. The van der Waals surface area contributed by atoms with Crippen molar-refractivity contribution < 1.29 is 9.59 Å². The number of unbranched alkanes of at least 4 members (excludes halogenated alkanes) is 1. The van der Waals surface area contributed by atoms with Crippen LogP contribution in [0.3, 0.4) is 0 Å². The molecule has 4 heteroatoms. The second-order valence-electron chi connectivity index (χ2n) is 8.00. The first-order chi connectivity index (χ1) is 14.7. The van der Waals surface area contributed by atoms with Gasteiger partial charge in [-0.1, -0.05) is 61.9 Å². The molecule has 1 saturated heterocycles. The van der Waals surface area contributed by atoms with Gasteiger partial charge in [-0.2, -0.15) is 0 Å². The lowest BCUT2D eigenvalue weighted by atomic mass is 9.97. The molecule has 2 heterocycles. The van der Waals surface area contributed by atoms with Crippen LogP contribution in [-0.2, 0) is 16.1 Å². The molecule has 1 aliphatic heterocycles. The zero-order chi connectivity index (χ0) is 20.7. The van der Waals surface area contributed by atoms with E-state index in [0.717, 1.165) is 46.6 Å². The first kappa shape index (κ1) is 18.6. The Morgan fingerprint density at radius 3 is 2.53 bits per heavy atom. The van der Waals surface area contributed by atoms with E-state index < -0.39 is 5.92 Å². The number of anilines is 1. The average molecular weight is 396 g/mol. The highest BCUT2D eigenvalue weighted by Crippen LogP contribution is 2.38. The monoisotopic (exact) mass is 396 g/mol. The minimum Gasteiger partial charge on any atom is -0.347 e. The van der Waals surface area contributed by atoms with E-state index in [1.54, 1.807) is 0 Å². The Morgan fingerprint density at radius 1 is 0.933 bits per heavy atom. The second-order valence-corrected chi connectivity index (χ2v) is 8.00. The molecule has 30 heavy (non-hydrogen) atoms. The summed E-state index contributed by atoms with van der Waals surface area (Å²) < 4.78 is 2.23. The van der Waals surface area contributed by atoms with E-state index in [2.05, 4.69) is 29.8 Å². The number of para-hydroxylation sites is 1. The number of carbonyl (C=O) groups excluding carboxylic acids is 2. The number of hydrogen-bond donors (Lipinski definition) is 0. The molecule has 0 radical (unpaired) electrons. The molecule has 1 fully saturated rings. The van der Waals surface area contributed by atoms with Crippen molar-refractivity contribution in [1.29, 1.82) is 0 Å². The number of carbonyl (C=O) groups is 2. The Bertz CT molecular complexity index is 1270. The molecule has 0 aliphatic carbocycles. The third kappa shape index (κ3) is 3.00. The molecule has 1 aromatic heterocycles. The second kappa shape index (κ2) is 7.45. The fourth-order valence-corrected chi connectivity index (χ4v) is 4.53. The molecule has 0 saturated carbocycles. The first-order valence-electron chi connectivity index (χ1n) is 10.6. The van der Waals surface area contributed by atoms with Gasteiger partial charge in [0.15, 0.2) is 0 Å². The zero-order valence-electron chi connectivity index (χ0n) is 17.0. The molecule has 0 bridgehead atoms. The van der Waals surface area contributed by atoms with Gasteiger partial charge in [-0.15, -0.1) is 0 Å². The van der Waals surface area contributed by atoms with Crippen LogP contribution >= 0.6 is 0 Å². The SMILES string of the molecule is CCCCn1cc(C2CC(=O)N(c3ccc4ccccc4c3)C2=O)c2ccccc21. The largest absolute Gasteiger partial charge is 0.347 e. The van der Waals surface area contributed by atoms with Gasteiger partial charge < -0.3 is 4.57 Å². The summed E-state index contributed by atoms with van der Waals surface area (Å²) in [5.41, 5.74) is 2.75. The summed E-state index contributed by atoms with van der Waals surface area (Å²) in [6, 6.07) is 21.9. The van der Waals surface area contributed by atoms with Gasteiger partial charge in [0.2, 0.25) is 11.8 Å². The van der Waals surface area contributed by atoms with Gasteiger partial charge in [0.25, 0.3) is 0 Å². The minimum absolute atomic E-state index is 0.131. The van der Waals surface area contributed by atoms with Crippen molar-refractivity contribution in [3.05, 3.63) is 78.5 Å². The number of rotatable bonds is 5. The summed E-state index contributed by atoms with van der Waals surface area (Å²) in [7, 11) is 0. The summed E-state index contributed by atoms with van der Waals surface area (Å²) >= 11 is 0.